The molecule has 0 saturated heterocycles. The number of fused-ring (bicyclic) bond motifs is 1. The first kappa shape index (κ1) is 25.0. The Morgan fingerprint density at radius 1 is 0.971 bits per heavy atom. The Kier molecular flexibility index (Phi) is 8.48. The van der Waals surface area contributed by atoms with Crippen molar-refractivity contribution < 1.29 is 19.0 Å². The molecule has 0 aliphatic rings. The van der Waals surface area contributed by atoms with Gasteiger partial charge in [0, 0.05) is 36.9 Å². The van der Waals surface area contributed by atoms with Crippen LogP contribution in [0.3, 0.4) is 0 Å². The third kappa shape index (κ3) is 6.26. The second kappa shape index (κ2) is 11.5. The van der Waals surface area contributed by atoms with Gasteiger partial charge in [-0.2, -0.15) is 0 Å². The first-order chi connectivity index (χ1) is 16.3. The average Bonchev–Trinajstić information content (AvgIpc) is 2.81. The molecule has 0 saturated carbocycles. The zero-order chi connectivity index (χ0) is 24.7. The van der Waals surface area contributed by atoms with Gasteiger partial charge in [-0.05, 0) is 58.0 Å². The zero-order valence-corrected chi connectivity index (χ0v) is 20.6. The molecule has 0 bridgehead atoms. The number of carbonyl (C=O) groups is 1. The summed E-state index contributed by atoms with van der Waals surface area (Å²) in [4.78, 5) is 23.1. The molecule has 9 heteroatoms. The van der Waals surface area contributed by atoms with E-state index in [9.17, 15) is 4.79 Å². The molecule has 1 aromatic heterocycles. The topological polar surface area (TPSA) is 97.8 Å². The molecule has 3 rings (SSSR count). The van der Waals surface area contributed by atoms with E-state index in [2.05, 4.69) is 53.2 Å². The van der Waals surface area contributed by atoms with Crippen LogP contribution >= 0.6 is 0 Å². The van der Waals surface area contributed by atoms with Gasteiger partial charge in [-0.25, -0.2) is 14.8 Å². The fraction of sp³-hybridized carbons (Fsp3) is 0.400. The Morgan fingerprint density at radius 2 is 1.62 bits per heavy atom. The number of hydrogen-bond donors (Lipinski definition) is 2. The molecule has 0 unspecified atom stereocenters. The predicted molar refractivity (Wildman–Crippen MR) is 133 cm³/mol. The quantitative estimate of drug-likeness (QED) is 0.447. The van der Waals surface area contributed by atoms with Gasteiger partial charge in [0.25, 0.3) is 0 Å². The molecule has 0 radical (unpaired) electrons. The number of urea groups is 1. The second-order valence-electron chi connectivity index (χ2n) is 8.34. The Hall–Kier alpha value is -3.59. The first-order valence-electron chi connectivity index (χ1n) is 11.3. The highest BCUT2D eigenvalue weighted by Gasteiger charge is 2.14. The van der Waals surface area contributed by atoms with Gasteiger partial charge >= 0.3 is 6.03 Å². The highest BCUT2D eigenvalue weighted by atomic mass is 16.5. The lowest BCUT2D eigenvalue weighted by Crippen LogP contribution is -2.43. The number of nitrogens with zero attached hydrogens (tertiary/aromatic N) is 3. The number of amides is 2. The average molecular weight is 468 g/mol. The zero-order valence-electron chi connectivity index (χ0n) is 20.6. The molecule has 3 aromatic rings. The molecule has 0 aliphatic heterocycles. The number of aromatic nitrogens is 2. The molecular formula is C25H33N5O4. The summed E-state index contributed by atoms with van der Waals surface area (Å²) in [6.45, 7) is 9.97. The Bertz CT molecular complexity index is 1090. The molecule has 2 N–H and O–H groups in total. The Balaban J connectivity index is 1.62. The van der Waals surface area contributed by atoms with Gasteiger partial charge in [0.15, 0.2) is 11.5 Å². The fourth-order valence-electron chi connectivity index (χ4n) is 3.75. The van der Waals surface area contributed by atoms with Crippen molar-refractivity contribution in [2.75, 3.05) is 32.6 Å². The summed E-state index contributed by atoms with van der Waals surface area (Å²) in [6.07, 6.45) is 1.43. The third-order valence-electron chi connectivity index (χ3n) is 5.41. The van der Waals surface area contributed by atoms with E-state index in [0.717, 1.165) is 6.54 Å². The van der Waals surface area contributed by atoms with Crippen molar-refractivity contribution in [3.8, 4) is 23.1 Å². The van der Waals surface area contributed by atoms with Crippen molar-refractivity contribution in [1.82, 2.24) is 20.2 Å². The van der Waals surface area contributed by atoms with Crippen molar-refractivity contribution in [3.05, 3.63) is 42.7 Å². The summed E-state index contributed by atoms with van der Waals surface area (Å²) >= 11 is 0. The second-order valence-corrected chi connectivity index (χ2v) is 8.34. The SMILES string of the molecule is COc1cc2ncnc(Oc3ccc(NC(=O)NCCN(C(C)C)C(C)C)cc3)c2cc1OC. The van der Waals surface area contributed by atoms with E-state index in [4.69, 9.17) is 14.2 Å². The lowest BCUT2D eigenvalue weighted by Gasteiger charge is -2.30. The summed E-state index contributed by atoms with van der Waals surface area (Å²) in [5.74, 6) is 2.11. The fourth-order valence-corrected chi connectivity index (χ4v) is 3.75. The number of benzene rings is 2. The summed E-state index contributed by atoms with van der Waals surface area (Å²) in [5.41, 5.74) is 1.33. The standard InChI is InChI=1S/C25H33N5O4/c1-16(2)30(17(3)4)12-11-26-25(31)29-18-7-9-19(10-8-18)34-24-20-13-22(32-5)23(33-6)14-21(20)27-15-28-24/h7-10,13-17H,11-12H2,1-6H3,(H2,26,29,31). The maximum atomic E-state index is 12.3. The summed E-state index contributed by atoms with van der Waals surface area (Å²) in [5, 5.41) is 6.44. The number of ether oxygens (including phenoxy) is 3. The van der Waals surface area contributed by atoms with Gasteiger partial charge in [-0.1, -0.05) is 0 Å². The number of hydrogen-bond acceptors (Lipinski definition) is 7. The van der Waals surface area contributed by atoms with E-state index in [1.165, 1.54) is 6.33 Å². The van der Waals surface area contributed by atoms with Crippen LogP contribution in [0.1, 0.15) is 27.7 Å². The van der Waals surface area contributed by atoms with Crippen LogP contribution in [0.4, 0.5) is 10.5 Å². The van der Waals surface area contributed by atoms with Crippen LogP contribution in [-0.4, -0.2) is 60.3 Å². The molecule has 34 heavy (non-hydrogen) atoms. The molecule has 2 aromatic carbocycles. The van der Waals surface area contributed by atoms with Crippen molar-refractivity contribution >= 4 is 22.6 Å². The molecule has 0 aliphatic carbocycles. The van der Waals surface area contributed by atoms with Gasteiger partial charge in [-0.15, -0.1) is 0 Å². The monoisotopic (exact) mass is 467 g/mol. The molecule has 2 amide bonds. The number of nitrogens with one attached hydrogen (secondary N) is 2. The van der Waals surface area contributed by atoms with Gasteiger partial charge in [-0.3, -0.25) is 4.90 Å². The van der Waals surface area contributed by atoms with Crippen molar-refractivity contribution in [1.29, 1.82) is 0 Å². The minimum absolute atomic E-state index is 0.246. The Morgan fingerprint density at radius 3 is 2.24 bits per heavy atom. The van der Waals surface area contributed by atoms with Gasteiger partial charge < -0.3 is 24.8 Å². The van der Waals surface area contributed by atoms with Gasteiger partial charge in [0.05, 0.1) is 25.1 Å². The van der Waals surface area contributed by atoms with Crippen molar-refractivity contribution in [2.45, 2.75) is 39.8 Å². The molecular weight excluding hydrogens is 434 g/mol. The molecule has 0 fully saturated rings. The first-order valence-corrected chi connectivity index (χ1v) is 11.3. The van der Waals surface area contributed by atoms with E-state index in [-0.39, 0.29) is 6.03 Å². The normalized spacial score (nSPS) is 11.2. The Labute approximate surface area is 200 Å². The lowest BCUT2D eigenvalue weighted by molar-refractivity contribution is 0.176. The largest absolute Gasteiger partial charge is 0.493 e. The van der Waals surface area contributed by atoms with Gasteiger partial charge in [0.1, 0.15) is 12.1 Å². The number of rotatable bonds is 10. The highest BCUT2D eigenvalue weighted by Crippen LogP contribution is 2.35. The number of methoxy groups -OCH3 is 2. The summed E-state index contributed by atoms with van der Waals surface area (Å²) < 4.78 is 16.7. The van der Waals surface area contributed by atoms with Crippen LogP contribution in [0.2, 0.25) is 0 Å². The number of carbonyl (C=O) groups excluding carboxylic acids is 1. The van der Waals surface area contributed by atoms with E-state index in [1.807, 2.05) is 0 Å². The minimum Gasteiger partial charge on any atom is -0.493 e. The van der Waals surface area contributed by atoms with Crippen LogP contribution in [0.5, 0.6) is 23.1 Å². The minimum atomic E-state index is -0.246. The highest BCUT2D eigenvalue weighted by molar-refractivity contribution is 5.89. The molecule has 1 heterocycles. The number of anilines is 1. The van der Waals surface area contributed by atoms with E-state index < -0.39 is 0 Å². The molecule has 0 spiro atoms. The van der Waals surface area contributed by atoms with E-state index >= 15 is 0 Å². The van der Waals surface area contributed by atoms with Crippen LogP contribution in [0, 0.1) is 0 Å². The van der Waals surface area contributed by atoms with Gasteiger partial charge in [0.2, 0.25) is 5.88 Å². The molecule has 182 valence electrons. The van der Waals surface area contributed by atoms with E-state index in [0.29, 0.717) is 58.3 Å². The smallest absolute Gasteiger partial charge is 0.319 e. The van der Waals surface area contributed by atoms with Crippen LogP contribution in [0.25, 0.3) is 10.9 Å². The third-order valence-corrected chi connectivity index (χ3v) is 5.41. The predicted octanol–water partition coefficient (Wildman–Crippen LogP) is 4.68. The van der Waals surface area contributed by atoms with Crippen molar-refractivity contribution in [2.24, 2.45) is 0 Å². The molecule has 9 nitrogen and oxygen atoms in total. The molecule has 0 atom stereocenters. The summed E-state index contributed by atoms with van der Waals surface area (Å²) in [6, 6.07) is 11.2. The summed E-state index contributed by atoms with van der Waals surface area (Å²) in [7, 11) is 3.14. The maximum Gasteiger partial charge on any atom is 0.319 e. The van der Waals surface area contributed by atoms with Crippen LogP contribution in [-0.2, 0) is 0 Å². The van der Waals surface area contributed by atoms with E-state index in [1.54, 1.807) is 50.6 Å². The maximum absolute atomic E-state index is 12.3. The van der Waals surface area contributed by atoms with Crippen LogP contribution < -0.4 is 24.8 Å². The lowest BCUT2D eigenvalue weighted by atomic mass is 10.2. The van der Waals surface area contributed by atoms with Crippen molar-refractivity contribution in [3.63, 3.8) is 0 Å². The van der Waals surface area contributed by atoms with Crippen LogP contribution in [0.15, 0.2) is 42.7 Å².